The summed E-state index contributed by atoms with van der Waals surface area (Å²) in [6.45, 7) is 6.38. The van der Waals surface area contributed by atoms with Gasteiger partial charge in [-0.05, 0) is 31.0 Å². The van der Waals surface area contributed by atoms with E-state index in [0.29, 0.717) is 6.04 Å². The first-order chi connectivity index (χ1) is 7.45. The van der Waals surface area contributed by atoms with E-state index in [9.17, 15) is 5.11 Å². The fraction of sp³-hybridized carbons (Fsp3) is 0.538. The molecular formula is C13H20BrNO. The Morgan fingerprint density at radius 3 is 2.31 bits per heavy atom. The number of hydrogen-bond acceptors (Lipinski definition) is 2. The molecule has 1 aromatic carbocycles. The number of nitrogens with one attached hydrogen (secondary N) is 1. The van der Waals surface area contributed by atoms with Crippen molar-refractivity contribution in [3.05, 3.63) is 34.3 Å². The molecule has 0 radical (unpaired) electrons. The van der Waals surface area contributed by atoms with Crippen molar-refractivity contribution in [2.75, 3.05) is 6.61 Å². The van der Waals surface area contributed by atoms with Gasteiger partial charge in [0.15, 0.2) is 0 Å². The van der Waals surface area contributed by atoms with Gasteiger partial charge in [0.2, 0.25) is 0 Å². The molecule has 0 aliphatic rings. The molecule has 0 bridgehead atoms. The van der Waals surface area contributed by atoms with Gasteiger partial charge in [0, 0.05) is 16.1 Å². The summed E-state index contributed by atoms with van der Waals surface area (Å²) in [4.78, 5) is 0. The van der Waals surface area contributed by atoms with Crippen molar-refractivity contribution in [1.82, 2.24) is 5.32 Å². The van der Waals surface area contributed by atoms with Gasteiger partial charge in [-0.15, -0.1) is 0 Å². The number of benzene rings is 1. The third kappa shape index (κ3) is 4.24. The van der Waals surface area contributed by atoms with Crippen LogP contribution in [0.25, 0.3) is 0 Å². The molecule has 0 fully saturated rings. The van der Waals surface area contributed by atoms with Crippen LogP contribution in [-0.4, -0.2) is 23.3 Å². The molecule has 0 aliphatic heterocycles. The molecule has 3 heteroatoms. The molecule has 0 saturated carbocycles. The summed E-state index contributed by atoms with van der Waals surface area (Å²) in [5.41, 5.74) is 0.982. The van der Waals surface area contributed by atoms with E-state index in [0.717, 1.165) is 10.9 Å². The van der Waals surface area contributed by atoms with Crippen LogP contribution in [0.1, 0.15) is 26.3 Å². The minimum absolute atomic E-state index is 0.140. The van der Waals surface area contributed by atoms with E-state index in [1.807, 2.05) is 12.1 Å². The van der Waals surface area contributed by atoms with E-state index in [1.165, 1.54) is 5.56 Å². The standard InChI is InChI=1S/C13H20BrNO/c1-10(2)15-13(3,9-16)8-11-4-6-12(14)7-5-11/h4-7,10,15-16H,8-9H2,1-3H3. The average Bonchev–Trinajstić information content (AvgIpc) is 2.20. The van der Waals surface area contributed by atoms with Crippen molar-refractivity contribution in [3.63, 3.8) is 0 Å². The maximum Gasteiger partial charge on any atom is 0.0613 e. The van der Waals surface area contributed by atoms with Gasteiger partial charge in [-0.1, -0.05) is 41.9 Å². The average molecular weight is 286 g/mol. The molecule has 0 aliphatic carbocycles. The highest BCUT2D eigenvalue weighted by Crippen LogP contribution is 2.16. The first kappa shape index (κ1) is 13.7. The van der Waals surface area contributed by atoms with Gasteiger partial charge in [-0.2, -0.15) is 0 Å². The maximum atomic E-state index is 9.48. The van der Waals surface area contributed by atoms with E-state index in [2.05, 4.69) is 54.2 Å². The highest BCUT2D eigenvalue weighted by atomic mass is 79.9. The van der Waals surface area contributed by atoms with E-state index >= 15 is 0 Å². The van der Waals surface area contributed by atoms with E-state index in [-0.39, 0.29) is 12.1 Å². The summed E-state index contributed by atoms with van der Waals surface area (Å²) in [6, 6.07) is 8.60. The molecular weight excluding hydrogens is 266 g/mol. The Kier molecular flexibility index (Phi) is 4.96. The quantitative estimate of drug-likeness (QED) is 0.872. The van der Waals surface area contributed by atoms with Crippen molar-refractivity contribution in [2.24, 2.45) is 0 Å². The van der Waals surface area contributed by atoms with Crippen LogP contribution in [0.3, 0.4) is 0 Å². The highest BCUT2D eigenvalue weighted by Gasteiger charge is 2.24. The van der Waals surface area contributed by atoms with Gasteiger partial charge in [0.25, 0.3) is 0 Å². The molecule has 0 amide bonds. The van der Waals surface area contributed by atoms with E-state index in [4.69, 9.17) is 0 Å². The van der Waals surface area contributed by atoms with Crippen LogP contribution in [0.2, 0.25) is 0 Å². The predicted molar refractivity (Wildman–Crippen MR) is 71.6 cm³/mol. The first-order valence-corrected chi connectivity index (χ1v) is 6.37. The lowest BCUT2D eigenvalue weighted by Gasteiger charge is -2.31. The van der Waals surface area contributed by atoms with Gasteiger partial charge in [0.05, 0.1) is 6.61 Å². The molecule has 1 aromatic rings. The van der Waals surface area contributed by atoms with Gasteiger partial charge in [-0.3, -0.25) is 0 Å². The lowest BCUT2D eigenvalue weighted by atomic mass is 9.93. The third-order valence-corrected chi connectivity index (χ3v) is 3.02. The van der Waals surface area contributed by atoms with Gasteiger partial charge in [-0.25, -0.2) is 0 Å². The van der Waals surface area contributed by atoms with Crippen molar-refractivity contribution < 1.29 is 5.11 Å². The summed E-state index contributed by atoms with van der Waals surface area (Å²) in [6.07, 6.45) is 0.828. The van der Waals surface area contributed by atoms with Crippen LogP contribution in [0.4, 0.5) is 0 Å². The summed E-state index contributed by atoms with van der Waals surface area (Å²) >= 11 is 3.42. The second kappa shape index (κ2) is 5.80. The molecule has 1 unspecified atom stereocenters. The van der Waals surface area contributed by atoms with Gasteiger partial charge in [0.1, 0.15) is 0 Å². The number of aliphatic hydroxyl groups excluding tert-OH is 1. The fourth-order valence-electron chi connectivity index (χ4n) is 1.90. The zero-order chi connectivity index (χ0) is 12.2. The van der Waals surface area contributed by atoms with Gasteiger partial charge < -0.3 is 10.4 Å². The second-order valence-corrected chi connectivity index (χ2v) is 5.74. The lowest BCUT2D eigenvalue weighted by molar-refractivity contribution is 0.165. The van der Waals surface area contributed by atoms with Crippen molar-refractivity contribution in [2.45, 2.75) is 38.8 Å². The summed E-state index contributed by atoms with van der Waals surface area (Å²) < 4.78 is 1.08. The monoisotopic (exact) mass is 285 g/mol. The molecule has 2 N–H and O–H groups in total. The molecule has 0 saturated heterocycles. The topological polar surface area (TPSA) is 32.3 Å². The summed E-state index contributed by atoms with van der Waals surface area (Å²) in [5, 5.41) is 12.9. The van der Waals surface area contributed by atoms with Crippen molar-refractivity contribution in [3.8, 4) is 0 Å². The van der Waals surface area contributed by atoms with E-state index < -0.39 is 0 Å². The molecule has 2 nitrogen and oxygen atoms in total. The zero-order valence-electron chi connectivity index (χ0n) is 10.1. The maximum absolute atomic E-state index is 9.48. The number of hydrogen-bond donors (Lipinski definition) is 2. The fourth-order valence-corrected chi connectivity index (χ4v) is 2.17. The molecule has 0 aromatic heterocycles. The SMILES string of the molecule is CC(C)NC(C)(CO)Cc1ccc(Br)cc1. The summed E-state index contributed by atoms with van der Waals surface area (Å²) in [7, 11) is 0. The van der Waals surface area contributed by atoms with Crippen LogP contribution >= 0.6 is 15.9 Å². The molecule has 1 atom stereocenters. The Morgan fingerprint density at radius 2 is 1.88 bits per heavy atom. The van der Waals surface area contributed by atoms with Crippen molar-refractivity contribution >= 4 is 15.9 Å². The number of rotatable bonds is 5. The minimum Gasteiger partial charge on any atom is -0.394 e. The minimum atomic E-state index is -0.248. The Morgan fingerprint density at radius 1 is 1.31 bits per heavy atom. The van der Waals surface area contributed by atoms with Crippen LogP contribution in [0, 0.1) is 0 Å². The largest absolute Gasteiger partial charge is 0.394 e. The van der Waals surface area contributed by atoms with Crippen LogP contribution in [0.5, 0.6) is 0 Å². The predicted octanol–water partition coefficient (Wildman–Crippen LogP) is 2.74. The molecule has 1 rings (SSSR count). The highest BCUT2D eigenvalue weighted by molar-refractivity contribution is 9.10. The molecule has 0 heterocycles. The number of aliphatic hydroxyl groups is 1. The number of halogens is 1. The smallest absolute Gasteiger partial charge is 0.0613 e. The van der Waals surface area contributed by atoms with Crippen LogP contribution in [0.15, 0.2) is 28.7 Å². The van der Waals surface area contributed by atoms with Crippen LogP contribution in [-0.2, 0) is 6.42 Å². The molecule has 90 valence electrons. The molecule has 0 spiro atoms. The van der Waals surface area contributed by atoms with Crippen molar-refractivity contribution in [1.29, 1.82) is 0 Å². The third-order valence-electron chi connectivity index (χ3n) is 2.49. The van der Waals surface area contributed by atoms with Gasteiger partial charge >= 0.3 is 0 Å². The normalized spacial score (nSPS) is 15.1. The Hall–Kier alpha value is -0.380. The Labute approximate surface area is 106 Å². The molecule has 16 heavy (non-hydrogen) atoms. The second-order valence-electron chi connectivity index (χ2n) is 4.82. The lowest BCUT2D eigenvalue weighted by Crippen LogP contribution is -2.50. The Balaban J connectivity index is 2.72. The van der Waals surface area contributed by atoms with E-state index in [1.54, 1.807) is 0 Å². The summed E-state index contributed by atoms with van der Waals surface area (Å²) in [5.74, 6) is 0. The first-order valence-electron chi connectivity index (χ1n) is 5.58. The van der Waals surface area contributed by atoms with Crippen LogP contribution < -0.4 is 5.32 Å². The zero-order valence-corrected chi connectivity index (χ0v) is 11.7. The Bertz CT molecular complexity index is 323.